The van der Waals surface area contributed by atoms with Gasteiger partial charge < -0.3 is 0 Å². The van der Waals surface area contributed by atoms with Crippen molar-refractivity contribution in [2.24, 2.45) is 5.92 Å². The maximum absolute atomic E-state index is 3.69. The zero-order valence-corrected chi connectivity index (χ0v) is 9.66. The molecule has 0 aliphatic rings. The summed E-state index contributed by atoms with van der Waals surface area (Å²) in [6, 6.07) is 0. The van der Waals surface area contributed by atoms with Crippen molar-refractivity contribution in [3.05, 3.63) is 48.6 Å². The van der Waals surface area contributed by atoms with Gasteiger partial charge in [0.2, 0.25) is 0 Å². The Hall–Kier alpha value is -1.04. The second-order valence-electron chi connectivity index (χ2n) is 3.64. The van der Waals surface area contributed by atoms with Gasteiger partial charge in [-0.3, -0.25) is 0 Å². The topological polar surface area (TPSA) is 0 Å². The Balaban J connectivity index is 3.92. The van der Waals surface area contributed by atoms with Crippen LogP contribution in [0.1, 0.15) is 33.6 Å². The molecule has 78 valence electrons. The lowest BCUT2D eigenvalue weighted by Crippen LogP contribution is -1.76. The van der Waals surface area contributed by atoms with E-state index in [9.17, 15) is 0 Å². The first kappa shape index (κ1) is 13.0. The highest BCUT2D eigenvalue weighted by Crippen LogP contribution is 2.04. The second kappa shape index (κ2) is 8.55. The average Bonchev–Trinajstić information content (AvgIpc) is 2.15. The molecule has 0 aliphatic heterocycles. The number of rotatable bonds is 6. The summed E-state index contributed by atoms with van der Waals surface area (Å²) in [4.78, 5) is 0. The van der Waals surface area contributed by atoms with Gasteiger partial charge in [-0.05, 0) is 24.3 Å². The highest BCUT2D eigenvalue weighted by atomic mass is 13.9. The quantitative estimate of drug-likeness (QED) is 0.422. The molecule has 14 heavy (non-hydrogen) atoms. The minimum absolute atomic E-state index is 0.651. The van der Waals surface area contributed by atoms with Crippen LogP contribution < -0.4 is 0 Å². The van der Waals surface area contributed by atoms with Crippen molar-refractivity contribution < 1.29 is 0 Å². The van der Waals surface area contributed by atoms with Crippen LogP contribution in [0, 0.1) is 5.92 Å². The standard InChI is InChI=1S/C14H22/c1-5-10-14(6-2)12-9-7-8-11-13(3)4/h5,8-13H,1,6-7H2,2-4H3/b11-8+,12-9-,14-10-. The van der Waals surface area contributed by atoms with Gasteiger partial charge in [0.05, 0.1) is 0 Å². The van der Waals surface area contributed by atoms with Crippen molar-refractivity contribution >= 4 is 0 Å². The fourth-order valence-electron chi connectivity index (χ4n) is 1.09. The van der Waals surface area contributed by atoms with E-state index in [0.29, 0.717) is 5.92 Å². The molecule has 0 bridgehead atoms. The van der Waals surface area contributed by atoms with E-state index >= 15 is 0 Å². The summed E-state index contributed by atoms with van der Waals surface area (Å²) in [5.74, 6) is 0.651. The van der Waals surface area contributed by atoms with Gasteiger partial charge in [-0.1, -0.05) is 63.8 Å². The molecule has 0 N–H and O–H groups in total. The third-order valence-corrected chi connectivity index (χ3v) is 1.87. The van der Waals surface area contributed by atoms with Gasteiger partial charge >= 0.3 is 0 Å². The molecule has 0 aromatic heterocycles. The van der Waals surface area contributed by atoms with Crippen LogP contribution in [0.5, 0.6) is 0 Å². The molecule has 0 rings (SSSR count). The summed E-state index contributed by atoms with van der Waals surface area (Å²) in [6.07, 6.45) is 14.8. The minimum atomic E-state index is 0.651. The summed E-state index contributed by atoms with van der Waals surface area (Å²) >= 11 is 0. The third-order valence-electron chi connectivity index (χ3n) is 1.87. The fourth-order valence-corrected chi connectivity index (χ4v) is 1.09. The Bertz CT molecular complexity index is 226. The molecule has 0 aromatic rings. The first-order chi connectivity index (χ1) is 6.70. The molecule has 0 radical (unpaired) electrons. The van der Waals surface area contributed by atoms with Crippen LogP contribution in [0.25, 0.3) is 0 Å². The molecule has 0 aromatic carbocycles. The average molecular weight is 190 g/mol. The molecule has 0 saturated carbocycles. The van der Waals surface area contributed by atoms with Crippen LogP contribution in [0.2, 0.25) is 0 Å². The molecule has 0 heteroatoms. The molecule has 0 amide bonds. The summed E-state index contributed by atoms with van der Waals surface area (Å²) in [6.45, 7) is 10.2. The molecule has 0 unspecified atom stereocenters. The Morgan fingerprint density at radius 1 is 1.29 bits per heavy atom. The van der Waals surface area contributed by atoms with E-state index in [1.165, 1.54) is 5.57 Å². The zero-order chi connectivity index (χ0) is 10.8. The maximum Gasteiger partial charge on any atom is -0.0166 e. The van der Waals surface area contributed by atoms with Crippen molar-refractivity contribution in [1.82, 2.24) is 0 Å². The molecule has 0 heterocycles. The molecule has 0 saturated heterocycles. The lowest BCUT2D eigenvalue weighted by molar-refractivity contribution is 0.828. The van der Waals surface area contributed by atoms with E-state index in [1.54, 1.807) is 0 Å². The Labute approximate surface area is 88.7 Å². The van der Waals surface area contributed by atoms with Gasteiger partial charge in [0.1, 0.15) is 0 Å². The van der Waals surface area contributed by atoms with Crippen molar-refractivity contribution in [2.45, 2.75) is 33.6 Å². The van der Waals surface area contributed by atoms with E-state index < -0.39 is 0 Å². The predicted molar refractivity (Wildman–Crippen MR) is 66.3 cm³/mol. The third kappa shape index (κ3) is 7.60. The predicted octanol–water partition coefficient (Wildman–Crippen LogP) is 4.67. The Morgan fingerprint density at radius 2 is 2.00 bits per heavy atom. The van der Waals surface area contributed by atoms with Gasteiger partial charge in [0, 0.05) is 0 Å². The van der Waals surface area contributed by atoms with Crippen LogP contribution >= 0.6 is 0 Å². The number of hydrogen-bond acceptors (Lipinski definition) is 0. The van der Waals surface area contributed by atoms with Crippen molar-refractivity contribution in [2.75, 3.05) is 0 Å². The number of hydrogen-bond donors (Lipinski definition) is 0. The minimum Gasteiger partial charge on any atom is -0.0991 e. The number of allylic oxidation sites excluding steroid dienone is 7. The van der Waals surface area contributed by atoms with Crippen LogP contribution in [0.4, 0.5) is 0 Å². The summed E-state index contributed by atoms with van der Waals surface area (Å²) in [7, 11) is 0. The molecular weight excluding hydrogens is 168 g/mol. The van der Waals surface area contributed by atoms with E-state index in [2.05, 4.69) is 57.7 Å². The summed E-state index contributed by atoms with van der Waals surface area (Å²) in [5.41, 5.74) is 1.33. The highest BCUT2D eigenvalue weighted by molar-refractivity contribution is 5.22. The Morgan fingerprint density at radius 3 is 2.50 bits per heavy atom. The smallest absolute Gasteiger partial charge is 0.0166 e. The highest BCUT2D eigenvalue weighted by Gasteiger charge is 1.84. The molecule has 0 fully saturated rings. The lowest BCUT2D eigenvalue weighted by Gasteiger charge is -1.94. The van der Waals surface area contributed by atoms with Crippen LogP contribution in [0.15, 0.2) is 48.6 Å². The molecule has 0 nitrogen and oxygen atoms in total. The van der Waals surface area contributed by atoms with Crippen LogP contribution in [-0.2, 0) is 0 Å². The van der Waals surface area contributed by atoms with Crippen molar-refractivity contribution in [3.63, 3.8) is 0 Å². The molecule has 0 spiro atoms. The van der Waals surface area contributed by atoms with Crippen LogP contribution in [0.3, 0.4) is 0 Å². The van der Waals surface area contributed by atoms with Gasteiger partial charge in [-0.2, -0.15) is 0 Å². The van der Waals surface area contributed by atoms with E-state index in [4.69, 9.17) is 0 Å². The maximum atomic E-state index is 3.69. The lowest BCUT2D eigenvalue weighted by atomic mass is 10.1. The SMILES string of the molecule is C=C/C=C(\C=C/C/C=C/C(C)C)CC. The normalized spacial score (nSPS) is 13.3. The monoisotopic (exact) mass is 190 g/mol. The van der Waals surface area contributed by atoms with E-state index in [1.807, 2.05) is 6.08 Å². The van der Waals surface area contributed by atoms with Gasteiger partial charge in [0.25, 0.3) is 0 Å². The van der Waals surface area contributed by atoms with Gasteiger partial charge in [0.15, 0.2) is 0 Å². The largest absolute Gasteiger partial charge is 0.0991 e. The van der Waals surface area contributed by atoms with E-state index in [-0.39, 0.29) is 0 Å². The van der Waals surface area contributed by atoms with E-state index in [0.717, 1.165) is 12.8 Å². The zero-order valence-electron chi connectivity index (χ0n) is 9.66. The Kier molecular flexibility index (Phi) is 7.92. The van der Waals surface area contributed by atoms with Gasteiger partial charge in [-0.25, -0.2) is 0 Å². The summed E-state index contributed by atoms with van der Waals surface area (Å²) in [5, 5.41) is 0. The van der Waals surface area contributed by atoms with Crippen molar-refractivity contribution in [3.8, 4) is 0 Å². The summed E-state index contributed by atoms with van der Waals surface area (Å²) < 4.78 is 0. The molecule has 0 aliphatic carbocycles. The van der Waals surface area contributed by atoms with Gasteiger partial charge in [-0.15, -0.1) is 0 Å². The molecule has 0 atom stereocenters. The molecular formula is C14H22. The first-order valence-corrected chi connectivity index (χ1v) is 5.35. The fraction of sp³-hybridized carbons (Fsp3) is 0.429. The second-order valence-corrected chi connectivity index (χ2v) is 3.64. The van der Waals surface area contributed by atoms with Crippen molar-refractivity contribution in [1.29, 1.82) is 0 Å². The first-order valence-electron chi connectivity index (χ1n) is 5.35. The van der Waals surface area contributed by atoms with Crippen LogP contribution in [-0.4, -0.2) is 0 Å².